The van der Waals surface area contributed by atoms with Gasteiger partial charge < -0.3 is 4.52 Å². The molecule has 0 N–H and O–H groups in total. The molecule has 1 aromatic carbocycles. The first-order valence-corrected chi connectivity index (χ1v) is 9.35. The zero-order valence-electron chi connectivity index (χ0n) is 6.16. The molecule has 0 saturated heterocycles. The second kappa shape index (κ2) is 3.11. The van der Waals surface area contributed by atoms with Crippen LogP contribution >= 0.6 is 22.2 Å². The summed E-state index contributed by atoms with van der Waals surface area (Å²) in [4.78, 5) is 0. The van der Waals surface area contributed by atoms with E-state index in [1.54, 1.807) is 0 Å². The molecule has 1 heterocycles. The van der Waals surface area contributed by atoms with Crippen molar-refractivity contribution >= 4 is 22.2 Å². The summed E-state index contributed by atoms with van der Waals surface area (Å²) in [5, 5.41) is 0. The quantitative estimate of drug-likeness (QED) is 0.717. The molecule has 0 saturated carbocycles. The summed E-state index contributed by atoms with van der Waals surface area (Å²) in [6.45, 7) is 2.09. The molecule has 2 rings (SSSR count). The molecule has 4 heteroatoms. The van der Waals surface area contributed by atoms with Gasteiger partial charge in [0.15, 0.2) is 0 Å². The van der Waals surface area contributed by atoms with Gasteiger partial charge in [-0.25, -0.2) is 0 Å². The Balaban J connectivity index is 2.19. The van der Waals surface area contributed by atoms with E-state index in [-0.39, 0.29) is 7.11 Å². The highest BCUT2D eigenvalue weighted by atomic mass is 32.6. The lowest BCUT2D eigenvalue weighted by Crippen LogP contribution is -1.75. The lowest BCUT2D eigenvalue weighted by atomic mass is 10.2. The fourth-order valence-corrected chi connectivity index (χ4v) is 4.62. The summed E-state index contributed by atoms with van der Waals surface area (Å²) in [6.07, 6.45) is 0. The van der Waals surface area contributed by atoms with Crippen molar-refractivity contribution < 1.29 is 4.52 Å². The van der Waals surface area contributed by atoms with Gasteiger partial charge in [0, 0.05) is 0 Å². The minimum atomic E-state index is 0.0164. The Kier molecular flexibility index (Phi) is 2.14. The number of benzene rings is 1. The van der Waals surface area contributed by atoms with Crippen molar-refractivity contribution in [1.29, 1.82) is 0 Å². The van der Waals surface area contributed by atoms with Crippen molar-refractivity contribution in [3.8, 4) is 5.75 Å². The highest BCUT2D eigenvalue weighted by molar-refractivity contribution is 8.60. The number of rotatable bonds is 2. The zero-order chi connectivity index (χ0) is 7.68. The molecule has 0 bridgehead atoms. The summed E-state index contributed by atoms with van der Waals surface area (Å²) in [7, 11) is 2.25. The Morgan fingerprint density at radius 3 is 2.82 bits per heavy atom. The molecular weight excluding hydrogens is 193 g/mol. The molecule has 1 aromatic heterocycles. The molecule has 58 valence electrons. The summed E-state index contributed by atoms with van der Waals surface area (Å²) in [6, 6.07) is 8.30. The maximum Gasteiger partial charge on any atom is 0.132 e. The van der Waals surface area contributed by atoms with Gasteiger partial charge in [0.25, 0.3) is 0 Å². The largest absolute Gasteiger partial charge is 0.439 e. The van der Waals surface area contributed by atoms with Gasteiger partial charge in [0.2, 0.25) is 0 Å². The SMILES string of the molecule is Cc1cccc(Op2[pH][pH]2)c1. The second-order valence-corrected chi connectivity index (χ2v) is 12.8. The standard InChI is InChI=1S/C7H9OP3/c1-6-3-2-4-7(5-6)8-11-9-10-11/h2-5,9-10H,1H3. The van der Waals surface area contributed by atoms with Gasteiger partial charge >= 0.3 is 0 Å². The van der Waals surface area contributed by atoms with E-state index in [1.165, 1.54) is 5.56 Å². The molecule has 0 spiro atoms. The van der Waals surface area contributed by atoms with Gasteiger partial charge in [-0.3, -0.25) is 0 Å². The topological polar surface area (TPSA) is 9.23 Å². The summed E-state index contributed by atoms with van der Waals surface area (Å²) in [5.74, 6) is 1.06. The predicted octanol–water partition coefficient (Wildman–Crippen LogP) is 3.89. The third-order valence-electron chi connectivity index (χ3n) is 1.39. The van der Waals surface area contributed by atoms with E-state index in [9.17, 15) is 0 Å². The van der Waals surface area contributed by atoms with Crippen LogP contribution in [-0.4, -0.2) is 0 Å². The third kappa shape index (κ3) is 2.17. The smallest absolute Gasteiger partial charge is 0.132 e. The average Bonchev–Trinajstić information content (AvgIpc) is 2.71. The van der Waals surface area contributed by atoms with Gasteiger partial charge in [-0.05, 0) is 24.6 Å². The molecular formula is C7H9OP3. The van der Waals surface area contributed by atoms with E-state index in [0.29, 0.717) is 0 Å². The summed E-state index contributed by atoms with van der Waals surface area (Å²) in [5.41, 5.74) is 1.28. The molecule has 0 amide bonds. The van der Waals surface area contributed by atoms with Crippen LogP contribution in [0.1, 0.15) is 5.56 Å². The molecule has 2 atom stereocenters. The van der Waals surface area contributed by atoms with Gasteiger partial charge in [-0.1, -0.05) is 27.2 Å². The molecule has 2 unspecified atom stereocenters. The maximum absolute atomic E-state index is 5.70. The van der Waals surface area contributed by atoms with Crippen LogP contribution in [-0.2, 0) is 0 Å². The Labute approximate surface area is 69.8 Å². The van der Waals surface area contributed by atoms with E-state index >= 15 is 0 Å². The number of hydrogen-bond acceptors (Lipinski definition) is 1. The van der Waals surface area contributed by atoms with E-state index in [1.807, 2.05) is 6.07 Å². The zero-order valence-corrected chi connectivity index (χ0v) is 9.06. The van der Waals surface area contributed by atoms with Crippen molar-refractivity contribution in [3.05, 3.63) is 29.8 Å². The minimum absolute atomic E-state index is 0.0164. The van der Waals surface area contributed by atoms with Crippen molar-refractivity contribution in [3.63, 3.8) is 0 Å². The fraction of sp³-hybridized carbons (Fsp3) is 0.143. The van der Waals surface area contributed by atoms with Gasteiger partial charge in [0.05, 0.1) is 0 Å². The van der Waals surface area contributed by atoms with E-state index in [2.05, 4.69) is 25.1 Å². The summed E-state index contributed by atoms with van der Waals surface area (Å²) < 4.78 is 5.70. The van der Waals surface area contributed by atoms with Crippen LogP contribution in [0.4, 0.5) is 0 Å². The van der Waals surface area contributed by atoms with Crippen molar-refractivity contribution in [2.75, 3.05) is 0 Å². The van der Waals surface area contributed by atoms with Crippen molar-refractivity contribution in [2.45, 2.75) is 6.92 Å². The highest BCUT2D eigenvalue weighted by Gasteiger charge is 1.99. The molecule has 1 nitrogen and oxygen atoms in total. The van der Waals surface area contributed by atoms with Crippen molar-refractivity contribution in [1.82, 2.24) is 0 Å². The lowest BCUT2D eigenvalue weighted by molar-refractivity contribution is 0.641. The number of aryl methyl sites for hydroxylation is 1. The van der Waals surface area contributed by atoms with E-state index in [0.717, 1.165) is 20.8 Å². The Hall–Kier alpha value is -0.0800. The normalized spacial score (nSPS) is 13.4. The molecule has 0 aliphatic rings. The predicted molar refractivity (Wildman–Crippen MR) is 55.4 cm³/mol. The lowest BCUT2D eigenvalue weighted by Gasteiger charge is -1.99. The van der Waals surface area contributed by atoms with Crippen molar-refractivity contribution in [2.24, 2.45) is 0 Å². The maximum atomic E-state index is 5.70. The fourth-order valence-electron chi connectivity index (χ4n) is 0.844. The van der Waals surface area contributed by atoms with Gasteiger partial charge in [0.1, 0.15) is 12.9 Å². The first-order valence-electron chi connectivity index (χ1n) is 3.41. The molecule has 11 heavy (non-hydrogen) atoms. The molecule has 0 aliphatic heterocycles. The molecule has 2 aromatic rings. The third-order valence-corrected chi connectivity index (χ3v) is 7.61. The first kappa shape index (κ1) is 7.56. The van der Waals surface area contributed by atoms with Crippen LogP contribution in [0, 0.1) is 6.92 Å². The van der Waals surface area contributed by atoms with Crippen LogP contribution in [0.2, 0.25) is 0 Å². The van der Waals surface area contributed by atoms with Crippen LogP contribution in [0.5, 0.6) is 5.75 Å². The van der Waals surface area contributed by atoms with Crippen LogP contribution in [0.3, 0.4) is 0 Å². The second-order valence-electron chi connectivity index (χ2n) is 2.43. The Bertz CT molecular complexity index is 322. The van der Waals surface area contributed by atoms with E-state index < -0.39 is 0 Å². The van der Waals surface area contributed by atoms with Gasteiger partial charge in [-0.2, -0.15) is 0 Å². The first-order chi connectivity index (χ1) is 5.34. The summed E-state index contributed by atoms with van der Waals surface area (Å²) >= 11 is 0. The van der Waals surface area contributed by atoms with Crippen LogP contribution in [0.25, 0.3) is 0 Å². The Morgan fingerprint density at radius 2 is 2.18 bits per heavy atom. The monoisotopic (exact) mass is 202 g/mol. The van der Waals surface area contributed by atoms with E-state index in [4.69, 9.17) is 4.52 Å². The average molecular weight is 202 g/mol. The van der Waals surface area contributed by atoms with Crippen LogP contribution in [0.15, 0.2) is 24.3 Å². The molecule has 0 aliphatic carbocycles. The molecule has 0 radical (unpaired) electrons. The minimum Gasteiger partial charge on any atom is -0.439 e. The number of hydrogen-bond donors (Lipinski definition) is 0. The Morgan fingerprint density at radius 1 is 1.36 bits per heavy atom. The van der Waals surface area contributed by atoms with Gasteiger partial charge in [-0.15, -0.1) is 0 Å². The highest BCUT2D eigenvalue weighted by Crippen LogP contribution is 2.65. The van der Waals surface area contributed by atoms with Crippen LogP contribution < -0.4 is 4.52 Å². The molecule has 0 fully saturated rings.